The quantitative estimate of drug-likeness (QED) is 0.327. The first-order valence-electron chi connectivity index (χ1n) is 8.80. The monoisotopic (exact) mass is 366 g/mol. The molecule has 2 aromatic heterocycles. The number of para-hydroxylation sites is 3. The van der Waals surface area contributed by atoms with Gasteiger partial charge in [-0.2, -0.15) is 0 Å². The van der Waals surface area contributed by atoms with E-state index >= 15 is 0 Å². The standard InChI is InChI=1S/C22H14N4O2/c27-26(28)20-13-7-4-10-16(20)18-14-21-22(24-23-18)17-11-5-6-12-19(17)25(21)15-8-2-1-3-9-15/h1-14H. The van der Waals surface area contributed by atoms with Crippen LogP contribution in [0.1, 0.15) is 0 Å². The molecule has 0 saturated carbocycles. The van der Waals surface area contributed by atoms with Crippen molar-refractivity contribution in [3.8, 4) is 16.9 Å². The van der Waals surface area contributed by atoms with E-state index in [1.807, 2.05) is 60.7 Å². The Morgan fingerprint density at radius 3 is 2.32 bits per heavy atom. The summed E-state index contributed by atoms with van der Waals surface area (Å²) >= 11 is 0. The highest BCUT2D eigenvalue weighted by molar-refractivity contribution is 6.07. The molecule has 0 bridgehead atoms. The van der Waals surface area contributed by atoms with Crippen molar-refractivity contribution in [2.75, 3.05) is 0 Å². The van der Waals surface area contributed by atoms with Crippen molar-refractivity contribution in [1.82, 2.24) is 14.8 Å². The van der Waals surface area contributed by atoms with E-state index < -0.39 is 4.92 Å². The van der Waals surface area contributed by atoms with Crippen molar-refractivity contribution >= 4 is 27.6 Å². The minimum absolute atomic E-state index is 0.0125. The maximum absolute atomic E-state index is 11.4. The minimum Gasteiger partial charge on any atom is -0.307 e. The van der Waals surface area contributed by atoms with Crippen LogP contribution in [0.4, 0.5) is 5.69 Å². The van der Waals surface area contributed by atoms with Crippen molar-refractivity contribution in [3.05, 3.63) is 95.0 Å². The second kappa shape index (κ2) is 6.28. The zero-order valence-corrected chi connectivity index (χ0v) is 14.7. The van der Waals surface area contributed by atoms with Gasteiger partial charge in [0, 0.05) is 17.1 Å². The first-order chi connectivity index (χ1) is 13.7. The van der Waals surface area contributed by atoms with Gasteiger partial charge in [0.2, 0.25) is 0 Å². The molecule has 0 saturated heterocycles. The van der Waals surface area contributed by atoms with Crippen molar-refractivity contribution in [3.63, 3.8) is 0 Å². The van der Waals surface area contributed by atoms with E-state index in [4.69, 9.17) is 0 Å². The Labute approximate surface area is 159 Å². The smallest absolute Gasteiger partial charge is 0.278 e. The summed E-state index contributed by atoms with van der Waals surface area (Å²) in [5, 5.41) is 21.2. The average Bonchev–Trinajstić information content (AvgIpc) is 3.08. The van der Waals surface area contributed by atoms with Crippen LogP contribution >= 0.6 is 0 Å². The highest BCUT2D eigenvalue weighted by atomic mass is 16.6. The highest BCUT2D eigenvalue weighted by Gasteiger charge is 2.19. The van der Waals surface area contributed by atoms with Crippen LogP contribution in [0.5, 0.6) is 0 Å². The molecule has 134 valence electrons. The molecule has 5 rings (SSSR count). The van der Waals surface area contributed by atoms with Crippen LogP contribution in [0.3, 0.4) is 0 Å². The maximum atomic E-state index is 11.4. The van der Waals surface area contributed by atoms with Crippen LogP contribution in [0.15, 0.2) is 84.9 Å². The molecule has 0 aliphatic rings. The fraction of sp³-hybridized carbons (Fsp3) is 0. The lowest BCUT2D eigenvalue weighted by Gasteiger charge is -2.08. The van der Waals surface area contributed by atoms with Gasteiger partial charge in [0.1, 0.15) is 11.2 Å². The first-order valence-corrected chi connectivity index (χ1v) is 8.80. The van der Waals surface area contributed by atoms with Crippen LogP contribution < -0.4 is 0 Å². The molecule has 28 heavy (non-hydrogen) atoms. The van der Waals surface area contributed by atoms with Gasteiger partial charge in [0.05, 0.1) is 21.5 Å². The molecule has 0 unspecified atom stereocenters. The van der Waals surface area contributed by atoms with Crippen LogP contribution in [-0.2, 0) is 0 Å². The van der Waals surface area contributed by atoms with Gasteiger partial charge in [0.25, 0.3) is 5.69 Å². The molecule has 6 heteroatoms. The Morgan fingerprint density at radius 2 is 1.50 bits per heavy atom. The second-order valence-electron chi connectivity index (χ2n) is 6.43. The van der Waals surface area contributed by atoms with Gasteiger partial charge in [-0.15, -0.1) is 10.2 Å². The fourth-order valence-electron chi connectivity index (χ4n) is 3.58. The van der Waals surface area contributed by atoms with E-state index in [1.54, 1.807) is 18.2 Å². The van der Waals surface area contributed by atoms with E-state index in [1.165, 1.54) is 6.07 Å². The van der Waals surface area contributed by atoms with Crippen molar-refractivity contribution < 1.29 is 4.92 Å². The van der Waals surface area contributed by atoms with Crippen LogP contribution in [-0.4, -0.2) is 19.7 Å². The Hall–Kier alpha value is -4.06. The van der Waals surface area contributed by atoms with Gasteiger partial charge in [-0.1, -0.05) is 48.5 Å². The summed E-state index contributed by atoms with van der Waals surface area (Å²) in [6, 6.07) is 26.4. The second-order valence-corrected chi connectivity index (χ2v) is 6.43. The average molecular weight is 366 g/mol. The Balaban J connectivity index is 1.86. The van der Waals surface area contributed by atoms with Crippen LogP contribution in [0.2, 0.25) is 0 Å². The minimum atomic E-state index is -0.395. The molecule has 2 heterocycles. The molecular weight excluding hydrogens is 352 g/mol. The van der Waals surface area contributed by atoms with Gasteiger partial charge in [-0.05, 0) is 30.3 Å². The number of benzene rings is 3. The number of nitro groups is 1. The number of fused-ring (bicyclic) bond motifs is 3. The summed E-state index contributed by atoms with van der Waals surface area (Å²) in [6.07, 6.45) is 0. The van der Waals surface area contributed by atoms with E-state index in [2.05, 4.69) is 14.8 Å². The third-order valence-electron chi connectivity index (χ3n) is 4.81. The number of aromatic nitrogens is 3. The number of nitro benzene ring substituents is 1. The molecule has 0 spiro atoms. The lowest BCUT2D eigenvalue weighted by atomic mass is 10.1. The maximum Gasteiger partial charge on any atom is 0.278 e. The lowest BCUT2D eigenvalue weighted by Crippen LogP contribution is -1.97. The summed E-state index contributed by atoms with van der Waals surface area (Å²) in [4.78, 5) is 11.0. The summed E-state index contributed by atoms with van der Waals surface area (Å²) in [7, 11) is 0. The van der Waals surface area contributed by atoms with Crippen molar-refractivity contribution in [1.29, 1.82) is 0 Å². The number of nitrogens with zero attached hydrogens (tertiary/aromatic N) is 4. The van der Waals surface area contributed by atoms with Gasteiger partial charge < -0.3 is 4.57 Å². The SMILES string of the molecule is O=[N+]([O-])c1ccccc1-c1cc2c(nn1)c1ccccc1n2-c1ccccc1. The number of rotatable bonds is 3. The first kappa shape index (κ1) is 16.1. The van der Waals surface area contributed by atoms with E-state index in [0.29, 0.717) is 11.3 Å². The van der Waals surface area contributed by atoms with Crippen molar-refractivity contribution in [2.24, 2.45) is 0 Å². The zero-order chi connectivity index (χ0) is 19.1. The topological polar surface area (TPSA) is 73.8 Å². The zero-order valence-electron chi connectivity index (χ0n) is 14.7. The Bertz CT molecular complexity index is 1340. The van der Waals surface area contributed by atoms with Gasteiger partial charge in [0.15, 0.2) is 0 Å². The molecule has 0 fully saturated rings. The molecule has 0 aliphatic heterocycles. The van der Waals surface area contributed by atoms with Gasteiger partial charge >= 0.3 is 0 Å². The summed E-state index contributed by atoms with van der Waals surface area (Å²) in [5.74, 6) is 0. The summed E-state index contributed by atoms with van der Waals surface area (Å²) in [6.45, 7) is 0. The summed E-state index contributed by atoms with van der Waals surface area (Å²) < 4.78 is 2.11. The van der Waals surface area contributed by atoms with Crippen LogP contribution in [0.25, 0.3) is 38.9 Å². The highest BCUT2D eigenvalue weighted by Crippen LogP contribution is 2.34. The van der Waals surface area contributed by atoms with Gasteiger partial charge in [-0.25, -0.2) is 0 Å². The molecule has 6 nitrogen and oxygen atoms in total. The normalized spacial score (nSPS) is 11.1. The number of hydrogen-bond donors (Lipinski definition) is 0. The van der Waals surface area contributed by atoms with Crippen LogP contribution in [0, 0.1) is 10.1 Å². The third kappa shape index (κ3) is 2.43. The molecule has 0 amide bonds. The Morgan fingerprint density at radius 1 is 0.786 bits per heavy atom. The molecule has 5 aromatic rings. The molecule has 0 radical (unpaired) electrons. The molecule has 0 N–H and O–H groups in total. The third-order valence-corrected chi connectivity index (χ3v) is 4.81. The fourth-order valence-corrected chi connectivity index (χ4v) is 3.58. The summed E-state index contributed by atoms with van der Waals surface area (Å²) in [5.41, 5.74) is 4.57. The molecular formula is C22H14N4O2. The lowest BCUT2D eigenvalue weighted by molar-refractivity contribution is -0.384. The van der Waals surface area contributed by atoms with E-state index in [-0.39, 0.29) is 5.69 Å². The molecule has 0 atom stereocenters. The molecule has 0 aliphatic carbocycles. The van der Waals surface area contributed by atoms with E-state index in [9.17, 15) is 10.1 Å². The van der Waals surface area contributed by atoms with E-state index in [0.717, 1.165) is 27.6 Å². The largest absolute Gasteiger partial charge is 0.307 e. The predicted molar refractivity (Wildman–Crippen MR) is 108 cm³/mol. The van der Waals surface area contributed by atoms with Crippen molar-refractivity contribution in [2.45, 2.75) is 0 Å². The molecule has 3 aromatic carbocycles. The predicted octanol–water partition coefficient (Wildman–Crippen LogP) is 5.15. The number of hydrogen-bond acceptors (Lipinski definition) is 4. The van der Waals surface area contributed by atoms with Gasteiger partial charge in [-0.3, -0.25) is 10.1 Å². The Kier molecular flexibility index (Phi) is 3.62.